The van der Waals surface area contributed by atoms with Crippen LogP contribution in [-0.4, -0.2) is 28.0 Å². The largest absolute Gasteiger partial charge is 0.357 e. The van der Waals surface area contributed by atoms with E-state index in [0.717, 1.165) is 48.4 Å². The Morgan fingerprint density at radius 3 is 2.28 bits per heavy atom. The molecule has 1 N–H and O–H groups in total. The molecule has 1 aliphatic heterocycles. The Bertz CT molecular complexity index is 1220. The standard InChI is InChI=1S/C26H26F2N4/c1-17-11-13-32(14-12-17)24-10-7-20(16-29-24)18-3-5-19(6-4-18)25-30-22-9-8-21(26(2,27)28)15-23(22)31-25/h3-10,15-17H,11-14H2,1-2H3,(H,30,31). The van der Waals surface area contributed by atoms with Crippen LogP contribution in [0.2, 0.25) is 0 Å². The fourth-order valence-corrected chi connectivity index (χ4v) is 4.22. The lowest BCUT2D eigenvalue weighted by atomic mass is 9.99. The Kier molecular flexibility index (Phi) is 5.16. The van der Waals surface area contributed by atoms with Crippen molar-refractivity contribution in [3.8, 4) is 22.5 Å². The molecule has 2 aromatic carbocycles. The Morgan fingerprint density at radius 1 is 0.938 bits per heavy atom. The number of hydrogen-bond donors (Lipinski definition) is 1. The van der Waals surface area contributed by atoms with Crippen LogP contribution in [0.5, 0.6) is 0 Å². The van der Waals surface area contributed by atoms with Gasteiger partial charge in [-0.25, -0.2) is 18.7 Å². The van der Waals surface area contributed by atoms with Gasteiger partial charge in [-0.15, -0.1) is 0 Å². The number of nitrogens with one attached hydrogen (secondary N) is 1. The van der Waals surface area contributed by atoms with Crippen LogP contribution in [0.4, 0.5) is 14.6 Å². The molecular formula is C26H26F2N4. The SMILES string of the molecule is CC1CCN(c2ccc(-c3ccc(-c4nc5ccc(C(C)(F)F)cc5[nH]4)cc3)cn2)CC1. The first kappa shape index (κ1) is 20.6. The number of benzene rings is 2. The number of halogens is 2. The van der Waals surface area contributed by atoms with Gasteiger partial charge in [0.15, 0.2) is 0 Å². The molecule has 0 spiro atoms. The topological polar surface area (TPSA) is 44.8 Å². The van der Waals surface area contributed by atoms with E-state index in [0.29, 0.717) is 16.9 Å². The molecule has 1 saturated heterocycles. The van der Waals surface area contributed by atoms with E-state index < -0.39 is 5.92 Å². The maximum atomic E-state index is 13.6. The minimum atomic E-state index is -2.88. The minimum absolute atomic E-state index is 0.0226. The van der Waals surface area contributed by atoms with Gasteiger partial charge in [0.25, 0.3) is 5.92 Å². The molecule has 0 saturated carbocycles. The maximum Gasteiger partial charge on any atom is 0.270 e. The summed E-state index contributed by atoms with van der Waals surface area (Å²) in [7, 11) is 0. The number of alkyl halides is 2. The number of H-pyrrole nitrogens is 1. The molecule has 1 fully saturated rings. The smallest absolute Gasteiger partial charge is 0.270 e. The van der Waals surface area contributed by atoms with Gasteiger partial charge in [0.2, 0.25) is 0 Å². The van der Waals surface area contributed by atoms with E-state index in [1.807, 2.05) is 30.5 Å². The first-order valence-corrected chi connectivity index (χ1v) is 11.1. The van der Waals surface area contributed by atoms with Gasteiger partial charge in [0.05, 0.1) is 11.0 Å². The van der Waals surface area contributed by atoms with Crippen molar-refractivity contribution in [2.75, 3.05) is 18.0 Å². The van der Waals surface area contributed by atoms with Crippen LogP contribution >= 0.6 is 0 Å². The minimum Gasteiger partial charge on any atom is -0.357 e. The summed E-state index contributed by atoms with van der Waals surface area (Å²) in [5.41, 5.74) is 4.29. The van der Waals surface area contributed by atoms with E-state index in [2.05, 4.69) is 38.9 Å². The third kappa shape index (κ3) is 4.09. The van der Waals surface area contributed by atoms with E-state index in [1.54, 1.807) is 6.07 Å². The summed E-state index contributed by atoms with van der Waals surface area (Å²) in [6.45, 7) is 5.34. The zero-order chi connectivity index (χ0) is 22.3. The molecule has 0 unspecified atom stereocenters. The highest BCUT2D eigenvalue weighted by molar-refractivity contribution is 5.80. The molecule has 4 nitrogen and oxygen atoms in total. The number of fused-ring (bicyclic) bond motifs is 1. The van der Waals surface area contributed by atoms with Crippen molar-refractivity contribution in [1.82, 2.24) is 15.0 Å². The molecule has 0 aliphatic carbocycles. The Balaban J connectivity index is 1.35. The first-order valence-electron chi connectivity index (χ1n) is 11.1. The number of pyridine rings is 1. The summed E-state index contributed by atoms with van der Waals surface area (Å²) in [5, 5.41) is 0. The third-order valence-electron chi connectivity index (χ3n) is 6.34. The van der Waals surface area contributed by atoms with Gasteiger partial charge in [-0.1, -0.05) is 37.3 Å². The highest BCUT2D eigenvalue weighted by atomic mass is 19.3. The van der Waals surface area contributed by atoms with Gasteiger partial charge in [0.1, 0.15) is 11.6 Å². The monoisotopic (exact) mass is 432 g/mol. The van der Waals surface area contributed by atoms with Crippen molar-refractivity contribution in [3.63, 3.8) is 0 Å². The summed E-state index contributed by atoms with van der Waals surface area (Å²) in [6.07, 6.45) is 4.36. The maximum absolute atomic E-state index is 13.6. The van der Waals surface area contributed by atoms with Crippen LogP contribution in [0.25, 0.3) is 33.5 Å². The average Bonchev–Trinajstić information content (AvgIpc) is 3.23. The second-order valence-corrected chi connectivity index (χ2v) is 8.86. The van der Waals surface area contributed by atoms with E-state index in [4.69, 9.17) is 0 Å². The lowest BCUT2D eigenvalue weighted by Crippen LogP contribution is -2.33. The third-order valence-corrected chi connectivity index (χ3v) is 6.34. The molecule has 3 heterocycles. The summed E-state index contributed by atoms with van der Waals surface area (Å²) in [6, 6.07) is 16.8. The van der Waals surface area contributed by atoms with Crippen molar-refractivity contribution >= 4 is 16.9 Å². The summed E-state index contributed by atoms with van der Waals surface area (Å²) < 4.78 is 27.2. The zero-order valence-electron chi connectivity index (χ0n) is 18.3. The van der Waals surface area contributed by atoms with Crippen LogP contribution in [0.15, 0.2) is 60.8 Å². The van der Waals surface area contributed by atoms with Crippen molar-refractivity contribution < 1.29 is 8.78 Å². The first-order chi connectivity index (χ1) is 15.4. The molecule has 0 atom stereocenters. The number of nitrogens with zero attached hydrogens (tertiary/aromatic N) is 3. The Labute approximate surface area is 186 Å². The molecule has 5 rings (SSSR count). The van der Waals surface area contributed by atoms with Crippen molar-refractivity contribution in [3.05, 3.63) is 66.4 Å². The summed E-state index contributed by atoms with van der Waals surface area (Å²) >= 11 is 0. The van der Waals surface area contributed by atoms with Crippen LogP contribution < -0.4 is 4.90 Å². The molecule has 2 aromatic heterocycles. The van der Waals surface area contributed by atoms with E-state index in [9.17, 15) is 8.78 Å². The number of piperidine rings is 1. The van der Waals surface area contributed by atoms with Crippen LogP contribution in [-0.2, 0) is 5.92 Å². The second kappa shape index (κ2) is 8.01. The molecule has 1 aliphatic rings. The van der Waals surface area contributed by atoms with Gasteiger partial charge in [0, 0.05) is 42.9 Å². The van der Waals surface area contributed by atoms with Crippen molar-refractivity contribution in [2.24, 2.45) is 5.92 Å². The van der Waals surface area contributed by atoms with Gasteiger partial charge in [-0.3, -0.25) is 0 Å². The predicted molar refractivity (Wildman–Crippen MR) is 125 cm³/mol. The fourth-order valence-electron chi connectivity index (χ4n) is 4.22. The normalized spacial score (nSPS) is 15.4. The zero-order valence-corrected chi connectivity index (χ0v) is 18.3. The molecule has 0 radical (unpaired) electrons. The lowest BCUT2D eigenvalue weighted by Gasteiger charge is -2.31. The average molecular weight is 433 g/mol. The molecule has 4 aromatic rings. The van der Waals surface area contributed by atoms with Crippen molar-refractivity contribution in [1.29, 1.82) is 0 Å². The van der Waals surface area contributed by atoms with Gasteiger partial charge in [-0.2, -0.15) is 0 Å². The van der Waals surface area contributed by atoms with Gasteiger partial charge in [-0.05, 0) is 48.6 Å². The number of hydrogen-bond acceptors (Lipinski definition) is 3. The van der Waals surface area contributed by atoms with Crippen LogP contribution in [0, 0.1) is 5.92 Å². The van der Waals surface area contributed by atoms with Gasteiger partial charge >= 0.3 is 0 Å². The number of aromatic amines is 1. The predicted octanol–water partition coefficient (Wildman–Crippen LogP) is 6.64. The molecule has 164 valence electrons. The van der Waals surface area contributed by atoms with Crippen LogP contribution in [0.1, 0.15) is 32.3 Å². The summed E-state index contributed by atoms with van der Waals surface area (Å²) in [5.74, 6) is -0.380. The number of rotatable bonds is 4. The Morgan fingerprint density at radius 2 is 1.62 bits per heavy atom. The van der Waals surface area contributed by atoms with Crippen LogP contribution in [0.3, 0.4) is 0 Å². The molecule has 32 heavy (non-hydrogen) atoms. The lowest BCUT2D eigenvalue weighted by molar-refractivity contribution is 0.0176. The summed E-state index contributed by atoms with van der Waals surface area (Å²) in [4.78, 5) is 14.8. The van der Waals surface area contributed by atoms with E-state index in [1.165, 1.54) is 25.0 Å². The van der Waals surface area contributed by atoms with E-state index >= 15 is 0 Å². The number of anilines is 1. The van der Waals surface area contributed by atoms with Crippen molar-refractivity contribution in [2.45, 2.75) is 32.6 Å². The van der Waals surface area contributed by atoms with E-state index in [-0.39, 0.29) is 5.56 Å². The van der Waals surface area contributed by atoms with Gasteiger partial charge < -0.3 is 9.88 Å². The second-order valence-electron chi connectivity index (χ2n) is 8.86. The molecule has 0 bridgehead atoms. The highest BCUT2D eigenvalue weighted by Crippen LogP contribution is 2.31. The molecule has 0 amide bonds. The fraction of sp³-hybridized carbons (Fsp3) is 0.308. The Hall–Kier alpha value is -3.28. The quantitative estimate of drug-likeness (QED) is 0.393. The number of aromatic nitrogens is 3. The molecule has 6 heteroatoms. The molecular weight excluding hydrogens is 406 g/mol. The number of imidazole rings is 1. The highest BCUT2D eigenvalue weighted by Gasteiger charge is 2.24.